The summed E-state index contributed by atoms with van der Waals surface area (Å²) in [5, 5.41) is 10.5. The molecule has 1 N–H and O–H groups in total. The van der Waals surface area contributed by atoms with Gasteiger partial charge in [-0.1, -0.05) is 30.7 Å². The van der Waals surface area contributed by atoms with E-state index in [-0.39, 0.29) is 6.10 Å². The van der Waals surface area contributed by atoms with Crippen LogP contribution >= 0.6 is 0 Å². The van der Waals surface area contributed by atoms with Crippen molar-refractivity contribution in [1.29, 1.82) is 0 Å². The zero-order valence-corrected chi connectivity index (χ0v) is 10.4. The third-order valence-electron chi connectivity index (χ3n) is 4.46. The highest BCUT2D eigenvalue weighted by atomic mass is 16.5. The Bertz CT molecular complexity index is 403. The van der Waals surface area contributed by atoms with E-state index >= 15 is 0 Å². The van der Waals surface area contributed by atoms with E-state index in [2.05, 4.69) is 18.2 Å². The Kier molecular flexibility index (Phi) is 2.72. The highest BCUT2D eigenvalue weighted by Crippen LogP contribution is 2.44. The summed E-state index contributed by atoms with van der Waals surface area (Å²) in [6.07, 6.45) is 5.66. The number of ether oxygens (including phenoxy) is 1. The molecule has 1 aromatic carbocycles. The molecule has 92 valence electrons. The second-order valence-corrected chi connectivity index (χ2v) is 5.55. The first kappa shape index (κ1) is 11.2. The van der Waals surface area contributed by atoms with Crippen LogP contribution in [0, 0.1) is 0 Å². The average Bonchev–Trinajstić information content (AvgIpc) is 2.23. The minimum absolute atomic E-state index is 0.229. The second-order valence-electron chi connectivity index (χ2n) is 5.55. The van der Waals surface area contributed by atoms with Crippen molar-refractivity contribution < 1.29 is 9.84 Å². The first-order chi connectivity index (χ1) is 8.21. The molecule has 2 heteroatoms. The average molecular weight is 232 g/mol. The van der Waals surface area contributed by atoms with Gasteiger partial charge in [0.2, 0.25) is 0 Å². The summed E-state index contributed by atoms with van der Waals surface area (Å²) in [6.45, 7) is 0. The molecule has 3 rings (SSSR count). The molecule has 2 aliphatic carbocycles. The highest BCUT2D eigenvalue weighted by molar-refractivity contribution is 5.33. The second kappa shape index (κ2) is 4.11. The van der Waals surface area contributed by atoms with Crippen LogP contribution in [0.25, 0.3) is 0 Å². The smallest absolute Gasteiger partial charge is 0.0946 e. The summed E-state index contributed by atoms with van der Waals surface area (Å²) < 4.78 is 5.25. The van der Waals surface area contributed by atoms with Gasteiger partial charge in [-0.3, -0.25) is 0 Å². The number of aliphatic hydroxyl groups is 1. The lowest BCUT2D eigenvalue weighted by atomic mass is 9.71. The fraction of sp³-hybridized carbons (Fsp3) is 0.600. The lowest BCUT2D eigenvalue weighted by Gasteiger charge is -2.43. The van der Waals surface area contributed by atoms with Gasteiger partial charge in [0.25, 0.3) is 0 Å². The zero-order chi connectivity index (χ0) is 11.9. The standard InChI is InChI=1S/C15H20O2/c1-17-14-9-15(16,10-14)13-7-3-6-12(8-13)11-4-2-5-11/h3,6-8,11,14,16H,2,4-5,9-10H2,1H3. The van der Waals surface area contributed by atoms with Crippen molar-refractivity contribution in [2.45, 2.75) is 49.7 Å². The molecule has 0 atom stereocenters. The van der Waals surface area contributed by atoms with E-state index in [9.17, 15) is 5.11 Å². The molecular formula is C15H20O2. The summed E-state index contributed by atoms with van der Waals surface area (Å²) >= 11 is 0. The summed E-state index contributed by atoms with van der Waals surface area (Å²) in [5.74, 6) is 0.733. The van der Waals surface area contributed by atoms with E-state index < -0.39 is 5.60 Å². The van der Waals surface area contributed by atoms with Crippen LogP contribution in [-0.4, -0.2) is 18.3 Å². The normalized spacial score (nSPS) is 32.9. The predicted octanol–water partition coefficient (Wildman–Crippen LogP) is 2.95. The van der Waals surface area contributed by atoms with Crippen LogP contribution in [0.2, 0.25) is 0 Å². The molecule has 0 aromatic heterocycles. The number of benzene rings is 1. The van der Waals surface area contributed by atoms with Crippen molar-refractivity contribution >= 4 is 0 Å². The third-order valence-corrected chi connectivity index (χ3v) is 4.46. The maximum absolute atomic E-state index is 10.5. The maximum Gasteiger partial charge on any atom is 0.0946 e. The number of methoxy groups -OCH3 is 1. The van der Waals surface area contributed by atoms with Gasteiger partial charge in [0.05, 0.1) is 11.7 Å². The first-order valence-electron chi connectivity index (χ1n) is 6.57. The highest BCUT2D eigenvalue weighted by Gasteiger charge is 2.44. The molecule has 0 aliphatic heterocycles. The van der Waals surface area contributed by atoms with E-state index in [1.165, 1.54) is 24.8 Å². The Morgan fingerprint density at radius 2 is 2.06 bits per heavy atom. The molecule has 0 spiro atoms. The van der Waals surface area contributed by atoms with E-state index in [1.807, 2.05) is 6.07 Å². The lowest BCUT2D eigenvalue weighted by Crippen LogP contribution is -2.45. The van der Waals surface area contributed by atoms with Crippen molar-refractivity contribution in [2.24, 2.45) is 0 Å². The number of hydrogen-bond acceptors (Lipinski definition) is 2. The Morgan fingerprint density at radius 3 is 2.65 bits per heavy atom. The van der Waals surface area contributed by atoms with E-state index in [0.717, 1.165) is 24.3 Å². The molecule has 2 nitrogen and oxygen atoms in total. The van der Waals surface area contributed by atoms with Crippen LogP contribution in [-0.2, 0) is 10.3 Å². The minimum atomic E-state index is -0.638. The van der Waals surface area contributed by atoms with Gasteiger partial charge in [-0.15, -0.1) is 0 Å². The van der Waals surface area contributed by atoms with E-state index in [4.69, 9.17) is 4.74 Å². The Hall–Kier alpha value is -0.860. The van der Waals surface area contributed by atoms with Gasteiger partial charge in [-0.25, -0.2) is 0 Å². The molecule has 1 aromatic rings. The largest absolute Gasteiger partial charge is 0.385 e. The molecule has 2 saturated carbocycles. The summed E-state index contributed by atoms with van der Waals surface area (Å²) in [5.41, 5.74) is 1.85. The fourth-order valence-corrected chi connectivity index (χ4v) is 2.92. The molecule has 0 heterocycles. The van der Waals surface area contributed by atoms with Crippen molar-refractivity contribution in [3.8, 4) is 0 Å². The number of rotatable bonds is 3. The molecule has 0 radical (unpaired) electrons. The fourth-order valence-electron chi connectivity index (χ4n) is 2.92. The van der Waals surface area contributed by atoms with Crippen LogP contribution in [0.5, 0.6) is 0 Å². The topological polar surface area (TPSA) is 29.5 Å². The van der Waals surface area contributed by atoms with E-state index in [0.29, 0.717) is 0 Å². The molecule has 2 aliphatic rings. The Labute approximate surface area is 103 Å². The number of hydrogen-bond donors (Lipinski definition) is 1. The Balaban J connectivity index is 1.79. The van der Waals surface area contributed by atoms with Gasteiger partial charge < -0.3 is 9.84 Å². The lowest BCUT2D eigenvalue weighted by molar-refractivity contribution is -0.133. The van der Waals surface area contributed by atoms with Gasteiger partial charge in [-0.05, 0) is 29.9 Å². The molecule has 2 fully saturated rings. The summed E-state index contributed by atoms with van der Waals surface area (Å²) in [7, 11) is 1.72. The van der Waals surface area contributed by atoms with Crippen LogP contribution in [0.3, 0.4) is 0 Å². The molecule has 0 amide bonds. The Morgan fingerprint density at radius 1 is 1.29 bits per heavy atom. The minimum Gasteiger partial charge on any atom is -0.385 e. The van der Waals surface area contributed by atoms with Gasteiger partial charge in [0, 0.05) is 20.0 Å². The molecule has 0 saturated heterocycles. The van der Waals surface area contributed by atoms with Crippen LogP contribution < -0.4 is 0 Å². The van der Waals surface area contributed by atoms with Crippen molar-refractivity contribution in [2.75, 3.05) is 7.11 Å². The van der Waals surface area contributed by atoms with Gasteiger partial charge >= 0.3 is 0 Å². The molecule has 0 bridgehead atoms. The van der Waals surface area contributed by atoms with Crippen molar-refractivity contribution in [3.05, 3.63) is 35.4 Å². The first-order valence-corrected chi connectivity index (χ1v) is 6.57. The van der Waals surface area contributed by atoms with Gasteiger partial charge in [0.1, 0.15) is 0 Å². The zero-order valence-electron chi connectivity index (χ0n) is 10.4. The van der Waals surface area contributed by atoms with Crippen LogP contribution in [0.15, 0.2) is 24.3 Å². The summed E-state index contributed by atoms with van der Waals surface area (Å²) in [6, 6.07) is 8.54. The van der Waals surface area contributed by atoms with Gasteiger partial charge in [0.15, 0.2) is 0 Å². The molecular weight excluding hydrogens is 212 g/mol. The van der Waals surface area contributed by atoms with Crippen molar-refractivity contribution in [3.63, 3.8) is 0 Å². The van der Waals surface area contributed by atoms with Crippen molar-refractivity contribution in [1.82, 2.24) is 0 Å². The van der Waals surface area contributed by atoms with E-state index in [1.54, 1.807) is 7.11 Å². The maximum atomic E-state index is 10.5. The van der Waals surface area contributed by atoms with Crippen LogP contribution in [0.1, 0.15) is 49.1 Å². The SMILES string of the molecule is COC1CC(O)(c2cccc(C3CCC3)c2)C1. The molecule has 0 unspecified atom stereocenters. The van der Waals surface area contributed by atoms with Gasteiger partial charge in [-0.2, -0.15) is 0 Å². The summed E-state index contributed by atoms with van der Waals surface area (Å²) in [4.78, 5) is 0. The monoisotopic (exact) mass is 232 g/mol. The molecule has 17 heavy (non-hydrogen) atoms. The predicted molar refractivity (Wildman–Crippen MR) is 67.0 cm³/mol. The third kappa shape index (κ3) is 1.90. The quantitative estimate of drug-likeness (QED) is 0.868. The van der Waals surface area contributed by atoms with Crippen LogP contribution in [0.4, 0.5) is 0 Å².